The molecule has 3 aromatic rings. The zero-order chi connectivity index (χ0) is 25.2. The number of hydrogen-bond acceptors (Lipinski definition) is 7. The van der Waals surface area contributed by atoms with E-state index in [0.29, 0.717) is 37.0 Å². The lowest BCUT2D eigenvalue weighted by molar-refractivity contribution is -0.150. The van der Waals surface area contributed by atoms with Crippen LogP contribution in [0, 0.1) is 5.92 Å². The molecule has 2 amide bonds. The van der Waals surface area contributed by atoms with E-state index in [1.165, 1.54) is 6.20 Å². The normalized spacial score (nSPS) is 20.2. The van der Waals surface area contributed by atoms with Gasteiger partial charge in [0.05, 0.1) is 39.3 Å². The average molecular weight is 496 g/mol. The monoisotopic (exact) mass is 495 g/mol. The maximum Gasteiger partial charge on any atom is 0.313 e. The Bertz CT molecular complexity index is 1240. The first-order valence-electron chi connectivity index (χ1n) is 12.0. The number of aromatic nitrogens is 2. The molecule has 1 fully saturated rings. The van der Waals surface area contributed by atoms with Crippen LogP contribution in [0.3, 0.4) is 0 Å². The van der Waals surface area contributed by atoms with Crippen molar-refractivity contribution in [3.8, 4) is 0 Å². The van der Waals surface area contributed by atoms with E-state index in [-0.39, 0.29) is 0 Å². The number of fused-ring (bicyclic) bond motifs is 1. The summed E-state index contributed by atoms with van der Waals surface area (Å²) in [5.41, 5.74) is 8.46. The standard InChI is InChI=1S/C26H33N5O3S/c1-5-17-12-19(14-28-23(17)27)29-24(32)25(33)31-15-16(2)8-10-26(31,3)18-6-7-21-20(13-18)30-22(35-21)9-11-34-4/h6-7,12-14,16H,5,8-11,15H2,1-4H3,(H2,27,28)(H,29,32)/t16-,26-/m0/s1. The van der Waals surface area contributed by atoms with Crippen LogP contribution in [-0.2, 0) is 32.7 Å². The van der Waals surface area contributed by atoms with E-state index < -0.39 is 17.4 Å². The molecular weight excluding hydrogens is 462 g/mol. The van der Waals surface area contributed by atoms with Crippen molar-refractivity contribution in [1.82, 2.24) is 14.9 Å². The Kier molecular flexibility index (Phi) is 7.37. The number of benzene rings is 1. The van der Waals surface area contributed by atoms with Crippen molar-refractivity contribution in [3.05, 3.63) is 46.6 Å². The second-order valence-electron chi connectivity index (χ2n) is 9.44. The Hall–Kier alpha value is -3.04. The molecule has 3 heterocycles. The number of amides is 2. The number of rotatable bonds is 6. The van der Waals surface area contributed by atoms with E-state index in [2.05, 4.69) is 35.4 Å². The number of piperidine rings is 1. The number of nitrogen functional groups attached to an aromatic ring is 1. The molecule has 9 heteroatoms. The highest BCUT2D eigenvalue weighted by atomic mass is 32.1. The lowest BCUT2D eigenvalue weighted by Crippen LogP contribution is -2.55. The van der Waals surface area contributed by atoms with E-state index in [4.69, 9.17) is 15.5 Å². The van der Waals surface area contributed by atoms with Crippen molar-refractivity contribution < 1.29 is 14.3 Å². The van der Waals surface area contributed by atoms with Gasteiger partial charge in [-0.25, -0.2) is 9.97 Å². The minimum Gasteiger partial charge on any atom is -0.384 e. The average Bonchev–Trinajstić information content (AvgIpc) is 3.27. The Morgan fingerprint density at radius 2 is 2.14 bits per heavy atom. The highest BCUT2D eigenvalue weighted by molar-refractivity contribution is 7.18. The van der Waals surface area contributed by atoms with Crippen LogP contribution in [0.1, 0.15) is 49.7 Å². The number of likely N-dealkylation sites (tertiary alicyclic amines) is 1. The molecule has 4 rings (SSSR count). The second kappa shape index (κ2) is 10.3. The Morgan fingerprint density at radius 3 is 2.89 bits per heavy atom. The molecule has 0 aliphatic carbocycles. The zero-order valence-corrected chi connectivity index (χ0v) is 21.6. The van der Waals surface area contributed by atoms with Gasteiger partial charge in [-0.3, -0.25) is 9.59 Å². The van der Waals surface area contributed by atoms with Crippen molar-refractivity contribution in [3.63, 3.8) is 0 Å². The van der Waals surface area contributed by atoms with Gasteiger partial charge in [0, 0.05) is 20.1 Å². The summed E-state index contributed by atoms with van der Waals surface area (Å²) >= 11 is 1.66. The molecule has 1 aliphatic rings. The van der Waals surface area contributed by atoms with Gasteiger partial charge < -0.3 is 20.7 Å². The van der Waals surface area contributed by atoms with Gasteiger partial charge in [-0.15, -0.1) is 11.3 Å². The Balaban J connectivity index is 1.61. The second-order valence-corrected chi connectivity index (χ2v) is 10.6. The number of nitrogens with two attached hydrogens (primary N) is 1. The van der Waals surface area contributed by atoms with Crippen LogP contribution < -0.4 is 11.1 Å². The third-order valence-corrected chi connectivity index (χ3v) is 7.96. The number of nitrogens with zero attached hydrogens (tertiary/aromatic N) is 3. The fourth-order valence-corrected chi connectivity index (χ4v) is 5.59. The molecule has 2 aromatic heterocycles. The Morgan fingerprint density at radius 1 is 1.34 bits per heavy atom. The van der Waals surface area contributed by atoms with Crippen molar-refractivity contribution in [2.75, 3.05) is 31.3 Å². The van der Waals surface area contributed by atoms with E-state index in [9.17, 15) is 9.59 Å². The molecule has 0 spiro atoms. The number of anilines is 2. The third kappa shape index (κ3) is 5.16. The van der Waals surface area contributed by atoms with Gasteiger partial charge >= 0.3 is 11.8 Å². The van der Waals surface area contributed by atoms with Gasteiger partial charge in [0.2, 0.25) is 0 Å². The summed E-state index contributed by atoms with van der Waals surface area (Å²) in [6.45, 7) is 7.26. The molecule has 0 saturated carbocycles. The van der Waals surface area contributed by atoms with Crippen LogP contribution in [0.5, 0.6) is 0 Å². The van der Waals surface area contributed by atoms with E-state index in [0.717, 1.165) is 45.6 Å². The number of ether oxygens (including phenoxy) is 1. The molecule has 0 bridgehead atoms. The summed E-state index contributed by atoms with van der Waals surface area (Å²) in [5.74, 6) is -0.492. The number of hydrogen-bond donors (Lipinski definition) is 2. The predicted molar refractivity (Wildman–Crippen MR) is 139 cm³/mol. The first-order chi connectivity index (χ1) is 16.7. The van der Waals surface area contributed by atoms with Crippen LogP contribution >= 0.6 is 11.3 Å². The smallest absolute Gasteiger partial charge is 0.313 e. The van der Waals surface area contributed by atoms with Gasteiger partial charge in [0.15, 0.2) is 0 Å². The van der Waals surface area contributed by atoms with E-state index in [1.54, 1.807) is 29.4 Å². The number of carbonyl (C=O) groups is 2. The van der Waals surface area contributed by atoms with Crippen molar-refractivity contribution in [2.45, 2.75) is 52.0 Å². The summed E-state index contributed by atoms with van der Waals surface area (Å²) < 4.78 is 6.29. The molecular formula is C26H33N5O3S. The molecule has 1 saturated heterocycles. The van der Waals surface area contributed by atoms with Gasteiger partial charge in [-0.1, -0.05) is 19.9 Å². The number of carbonyl (C=O) groups excluding carboxylic acids is 2. The maximum atomic E-state index is 13.5. The molecule has 8 nitrogen and oxygen atoms in total. The number of aryl methyl sites for hydroxylation is 1. The molecule has 1 aliphatic heterocycles. The topological polar surface area (TPSA) is 110 Å². The van der Waals surface area contributed by atoms with Crippen LogP contribution in [0.4, 0.5) is 11.5 Å². The van der Waals surface area contributed by atoms with Crippen LogP contribution in [-0.4, -0.2) is 46.9 Å². The van der Waals surface area contributed by atoms with Gasteiger partial charge in [0.1, 0.15) is 5.82 Å². The largest absolute Gasteiger partial charge is 0.384 e. The molecule has 35 heavy (non-hydrogen) atoms. The van der Waals surface area contributed by atoms with Crippen LogP contribution in [0.25, 0.3) is 10.2 Å². The number of thiazole rings is 1. The zero-order valence-electron chi connectivity index (χ0n) is 20.8. The van der Waals surface area contributed by atoms with Crippen molar-refractivity contribution in [1.29, 1.82) is 0 Å². The quantitative estimate of drug-likeness (QED) is 0.498. The first kappa shape index (κ1) is 25.1. The highest BCUT2D eigenvalue weighted by Gasteiger charge is 2.43. The molecule has 1 aromatic carbocycles. The highest BCUT2D eigenvalue weighted by Crippen LogP contribution is 2.40. The fourth-order valence-electron chi connectivity index (χ4n) is 4.66. The summed E-state index contributed by atoms with van der Waals surface area (Å²) in [4.78, 5) is 37.2. The molecule has 2 atom stereocenters. The van der Waals surface area contributed by atoms with Crippen molar-refractivity contribution >= 4 is 44.9 Å². The van der Waals surface area contributed by atoms with Crippen molar-refractivity contribution in [2.24, 2.45) is 5.92 Å². The van der Waals surface area contributed by atoms with Gasteiger partial charge in [-0.2, -0.15) is 0 Å². The summed E-state index contributed by atoms with van der Waals surface area (Å²) in [6, 6.07) is 7.96. The van der Waals surface area contributed by atoms with E-state index >= 15 is 0 Å². The summed E-state index contributed by atoms with van der Waals surface area (Å²) in [5, 5.41) is 3.75. The molecule has 0 unspecified atom stereocenters. The Labute approximate surface area is 209 Å². The predicted octanol–water partition coefficient (Wildman–Crippen LogP) is 4.14. The lowest BCUT2D eigenvalue weighted by Gasteiger charge is -2.47. The molecule has 186 valence electrons. The third-order valence-electron chi connectivity index (χ3n) is 6.87. The lowest BCUT2D eigenvalue weighted by atomic mass is 9.79. The van der Waals surface area contributed by atoms with Gasteiger partial charge in [0.25, 0.3) is 0 Å². The van der Waals surface area contributed by atoms with Crippen LogP contribution in [0.15, 0.2) is 30.5 Å². The van der Waals surface area contributed by atoms with Gasteiger partial charge in [-0.05, 0) is 61.4 Å². The first-order valence-corrected chi connectivity index (χ1v) is 12.8. The number of methoxy groups -OCH3 is 1. The molecule has 3 N–H and O–H groups in total. The molecule has 0 radical (unpaired) electrons. The fraction of sp³-hybridized carbons (Fsp3) is 0.462. The summed E-state index contributed by atoms with van der Waals surface area (Å²) in [6.07, 6.45) is 4.67. The van der Waals surface area contributed by atoms with E-state index in [1.807, 2.05) is 13.8 Å². The number of pyridine rings is 1. The minimum absolute atomic E-state index is 0.299. The number of nitrogens with one attached hydrogen (secondary N) is 1. The minimum atomic E-state index is -0.671. The SMILES string of the molecule is CCc1cc(NC(=O)C(=O)N2C[C@@H](C)CC[C@@]2(C)c2ccc3sc(CCOC)nc3c2)cnc1N. The summed E-state index contributed by atoms with van der Waals surface area (Å²) in [7, 11) is 1.69. The maximum absolute atomic E-state index is 13.5. The van der Waals surface area contributed by atoms with Crippen LogP contribution in [0.2, 0.25) is 0 Å².